The van der Waals surface area contributed by atoms with Crippen LogP contribution in [0.4, 0.5) is 0 Å². The summed E-state index contributed by atoms with van der Waals surface area (Å²) < 4.78 is 3.99. The molecule has 108 valence electrons. The van der Waals surface area contributed by atoms with E-state index >= 15 is 0 Å². The van der Waals surface area contributed by atoms with E-state index < -0.39 is 5.60 Å². The monoisotopic (exact) mass is 340 g/mol. The number of nitrogens with one attached hydrogen (secondary N) is 1. The van der Waals surface area contributed by atoms with Crippen molar-refractivity contribution in [2.24, 2.45) is 7.05 Å². The van der Waals surface area contributed by atoms with E-state index in [9.17, 15) is 9.90 Å². The van der Waals surface area contributed by atoms with E-state index in [1.54, 1.807) is 28.4 Å². The Bertz CT molecular complexity index is 711. The van der Waals surface area contributed by atoms with Crippen LogP contribution in [0.15, 0.2) is 21.5 Å². The van der Waals surface area contributed by atoms with Gasteiger partial charge in [-0.3, -0.25) is 9.36 Å². The van der Waals surface area contributed by atoms with E-state index in [2.05, 4.69) is 26.3 Å². The van der Waals surface area contributed by atoms with Gasteiger partial charge in [0.2, 0.25) is 0 Å². The summed E-state index contributed by atoms with van der Waals surface area (Å²) in [5, 5.41) is 17.5. The van der Waals surface area contributed by atoms with Gasteiger partial charge in [-0.05, 0) is 41.8 Å². The normalized spacial score (nSPS) is 25.9. The Kier molecular flexibility index (Phi) is 3.23. The topological polar surface area (TPSA) is 71.6 Å². The van der Waals surface area contributed by atoms with Crippen molar-refractivity contribution in [1.82, 2.24) is 19.5 Å². The standard InChI is InChI=1S/C13H17BrN4O2/c1-13(20)4-9(5-13)15-6-11-16-18-7-8(14)3-10(18)12(19)17(11)2/h3,7,9,15,20H,4-6H2,1-2H3/t9-,13-. The van der Waals surface area contributed by atoms with Gasteiger partial charge in [0.1, 0.15) is 11.3 Å². The first-order valence-corrected chi connectivity index (χ1v) is 7.34. The van der Waals surface area contributed by atoms with Crippen molar-refractivity contribution in [2.75, 3.05) is 0 Å². The molecule has 0 bridgehead atoms. The molecule has 0 unspecified atom stereocenters. The van der Waals surface area contributed by atoms with Gasteiger partial charge >= 0.3 is 0 Å². The molecule has 2 N–H and O–H groups in total. The highest BCUT2D eigenvalue weighted by molar-refractivity contribution is 9.10. The molecule has 0 radical (unpaired) electrons. The zero-order valence-electron chi connectivity index (χ0n) is 11.4. The Morgan fingerprint density at radius 3 is 2.95 bits per heavy atom. The summed E-state index contributed by atoms with van der Waals surface area (Å²) in [6.45, 7) is 2.35. The van der Waals surface area contributed by atoms with Crippen LogP contribution < -0.4 is 10.9 Å². The highest BCUT2D eigenvalue weighted by atomic mass is 79.9. The average Bonchev–Trinajstić information content (AvgIpc) is 2.70. The summed E-state index contributed by atoms with van der Waals surface area (Å²) in [6.07, 6.45) is 3.24. The first-order chi connectivity index (χ1) is 9.35. The second kappa shape index (κ2) is 4.68. The lowest BCUT2D eigenvalue weighted by Gasteiger charge is -2.41. The lowest BCUT2D eigenvalue weighted by molar-refractivity contribution is -0.0395. The number of rotatable bonds is 3. The fraction of sp³-hybridized carbons (Fsp3) is 0.538. The van der Waals surface area contributed by atoms with Crippen LogP contribution in [0.25, 0.3) is 5.52 Å². The van der Waals surface area contributed by atoms with Gasteiger partial charge in [-0.15, -0.1) is 0 Å². The second-order valence-corrected chi connectivity index (χ2v) is 6.67. The predicted octanol–water partition coefficient (Wildman–Crippen LogP) is 0.798. The number of nitrogens with zero attached hydrogens (tertiary/aromatic N) is 3. The zero-order chi connectivity index (χ0) is 14.5. The molecule has 7 heteroatoms. The minimum Gasteiger partial charge on any atom is -0.390 e. The van der Waals surface area contributed by atoms with Crippen molar-refractivity contribution >= 4 is 21.4 Å². The first-order valence-electron chi connectivity index (χ1n) is 6.55. The molecule has 1 aliphatic carbocycles. The number of halogens is 1. The predicted molar refractivity (Wildman–Crippen MR) is 78.6 cm³/mol. The van der Waals surface area contributed by atoms with E-state index in [0.717, 1.165) is 17.3 Å². The minimum absolute atomic E-state index is 0.0666. The molecular weight excluding hydrogens is 324 g/mol. The van der Waals surface area contributed by atoms with Gasteiger partial charge in [0.15, 0.2) is 0 Å². The van der Waals surface area contributed by atoms with Crippen LogP contribution >= 0.6 is 15.9 Å². The maximum Gasteiger partial charge on any atom is 0.277 e. The van der Waals surface area contributed by atoms with Gasteiger partial charge in [0.25, 0.3) is 5.56 Å². The maximum absolute atomic E-state index is 12.2. The summed E-state index contributed by atoms with van der Waals surface area (Å²) in [5.74, 6) is 0.678. The summed E-state index contributed by atoms with van der Waals surface area (Å²) >= 11 is 3.35. The van der Waals surface area contributed by atoms with Crippen LogP contribution in [-0.4, -0.2) is 30.9 Å². The van der Waals surface area contributed by atoms with E-state index in [1.807, 2.05) is 6.92 Å². The molecule has 2 heterocycles. The van der Waals surface area contributed by atoms with Crippen LogP contribution in [-0.2, 0) is 13.6 Å². The summed E-state index contributed by atoms with van der Waals surface area (Å²) in [6, 6.07) is 2.05. The van der Waals surface area contributed by atoms with Gasteiger partial charge in [-0.1, -0.05) is 0 Å². The number of fused-ring (bicyclic) bond motifs is 1. The number of aromatic nitrogens is 3. The van der Waals surface area contributed by atoms with Crippen LogP contribution in [0.1, 0.15) is 25.6 Å². The van der Waals surface area contributed by atoms with Gasteiger partial charge in [-0.25, -0.2) is 4.52 Å². The lowest BCUT2D eigenvalue weighted by Crippen LogP contribution is -2.51. The molecule has 1 saturated carbocycles. The third-order valence-electron chi connectivity index (χ3n) is 3.82. The fourth-order valence-electron chi connectivity index (χ4n) is 2.68. The van der Waals surface area contributed by atoms with Crippen molar-refractivity contribution in [3.8, 4) is 0 Å². The van der Waals surface area contributed by atoms with Gasteiger partial charge in [0.05, 0.1) is 12.1 Å². The molecule has 0 spiro atoms. The van der Waals surface area contributed by atoms with E-state index in [-0.39, 0.29) is 11.6 Å². The highest BCUT2D eigenvalue weighted by Crippen LogP contribution is 2.31. The van der Waals surface area contributed by atoms with E-state index in [1.165, 1.54) is 0 Å². The number of hydrogen-bond acceptors (Lipinski definition) is 4. The van der Waals surface area contributed by atoms with Crippen LogP contribution in [0.5, 0.6) is 0 Å². The van der Waals surface area contributed by atoms with E-state index in [0.29, 0.717) is 17.9 Å². The summed E-state index contributed by atoms with van der Waals surface area (Å²) in [5.41, 5.74) is -0.0653. The van der Waals surface area contributed by atoms with Crippen LogP contribution in [0.3, 0.4) is 0 Å². The van der Waals surface area contributed by atoms with Crippen LogP contribution in [0.2, 0.25) is 0 Å². The van der Waals surface area contributed by atoms with Crippen LogP contribution in [0, 0.1) is 0 Å². The third-order valence-corrected chi connectivity index (χ3v) is 4.26. The Morgan fingerprint density at radius 2 is 2.30 bits per heavy atom. The molecule has 3 rings (SSSR count). The van der Waals surface area contributed by atoms with Gasteiger partial charge in [-0.2, -0.15) is 5.10 Å². The summed E-state index contributed by atoms with van der Waals surface area (Å²) in [7, 11) is 1.73. The number of hydrogen-bond donors (Lipinski definition) is 2. The zero-order valence-corrected chi connectivity index (χ0v) is 13.0. The Morgan fingerprint density at radius 1 is 1.60 bits per heavy atom. The quantitative estimate of drug-likeness (QED) is 0.866. The average molecular weight is 341 g/mol. The Labute approximate surface area is 124 Å². The Balaban J connectivity index is 1.81. The molecule has 20 heavy (non-hydrogen) atoms. The SMILES string of the molecule is Cn1c(CN[C@H]2C[C@](C)(O)C2)nn2cc(Br)cc2c1=O. The molecule has 0 atom stereocenters. The van der Waals surface area contributed by atoms with Gasteiger partial charge < -0.3 is 10.4 Å². The molecule has 0 saturated heterocycles. The highest BCUT2D eigenvalue weighted by Gasteiger charge is 2.37. The van der Waals surface area contributed by atoms with Gasteiger partial charge in [0, 0.05) is 23.8 Å². The molecule has 2 aromatic heterocycles. The van der Waals surface area contributed by atoms with Crippen molar-refractivity contribution in [1.29, 1.82) is 0 Å². The molecule has 1 aliphatic rings. The second-order valence-electron chi connectivity index (χ2n) is 5.75. The fourth-order valence-corrected chi connectivity index (χ4v) is 3.09. The molecule has 0 amide bonds. The molecule has 0 aromatic carbocycles. The molecule has 0 aliphatic heterocycles. The lowest BCUT2D eigenvalue weighted by atomic mass is 9.77. The Hall–Kier alpha value is -1.18. The van der Waals surface area contributed by atoms with E-state index in [4.69, 9.17) is 0 Å². The molecule has 1 fully saturated rings. The first kappa shape index (κ1) is 13.8. The third kappa shape index (κ3) is 2.41. The van der Waals surface area contributed by atoms with Crippen molar-refractivity contribution in [2.45, 2.75) is 38.0 Å². The minimum atomic E-state index is -0.549. The van der Waals surface area contributed by atoms with Crippen molar-refractivity contribution in [3.05, 3.63) is 32.9 Å². The molecule has 6 nitrogen and oxygen atoms in total. The van der Waals surface area contributed by atoms with Crippen molar-refractivity contribution in [3.63, 3.8) is 0 Å². The summed E-state index contributed by atoms with van der Waals surface area (Å²) in [4.78, 5) is 12.2. The number of aliphatic hydroxyl groups is 1. The molecule has 2 aromatic rings. The van der Waals surface area contributed by atoms with Crippen molar-refractivity contribution < 1.29 is 5.11 Å². The molecular formula is C13H17BrN4O2. The maximum atomic E-state index is 12.2. The largest absolute Gasteiger partial charge is 0.390 e. The smallest absolute Gasteiger partial charge is 0.277 e.